The Balaban J connectivity index is 1.15. The molecular weight excluding hydrogens is 466 g/mol. The summed E-state index contributed by atoms with van der Waals surface area (Å²) in [4.78, 5) is 40.7. The molecule has 0 bridgehead atoms. The van der Waals surface area contributed by atoms with Gasteiger partial charge in [-0.15, -0.1) is 0 Å². The number of hydrogen-bond acceptors (Lipinski definition) is 6. The SMILES string of the molecule is O=C(Nc1ncc(C(=O)NC[C@H]2CCC[C@H]2C(=O)O)s1)OCC1c2ccccc2-c2ccccc21. The lowest BCUT2D eigenvalue weighted by atomic mass is 9.96. The van der Waals surface area contributed by atoms with Crippen molar-refractivity contribution in [2.24, 2.45) is 11.8 Å². The number of aromatic nitrogens is 1. The highest BCUT2D eigenvalue weighted by molar-refractivity contribution is 7.17. The Morgan fingerprint density at radius 1 is 1.03 bits per heavy atom. The molecule has 1 heterocycles. The summed E-state index contributed by atoms with van der Waals surface area (Å²) < 4.78 is 5.52. The molecular formula is C26H25N3O5S. The predicted molar refractivity (Wildman–Crippen MR) is 132 cm³/mol. The second-order valence-electron chi connectivity index (χ2n) is 8.83. The Morgan fingerprint density at radius 2 is 1.71 bits per heavy atom. The lowest BCUT2D eigenvalue weighted by molar-refractivity contribution is -0.142. The smallest absolute Gasteiger partial charge is 0.413 e. The number of nitrogens with one attached hydrogen (secondary N) is 2. The van der Waals surface area contributed by atoms with Gasteiger partial charge in [-0.1, -0.05) is 66.3 Å². The van der Waals surface area contributed by atoms with Gasteiger partial charge in [-0.3, -0.25) is 14.9 Å². The summed E-state index contributed by atoms with van der Waals surface area (Å²) in [6.45, 7) is 0.494. The van der Waals surface area contributed by atoms with Crippen LogP contribution < -0.4 is 10.6 Å². The fourth-order valence-corrected chi connectivity index (χ4v) is 5.79. The number of carbonyl (C=O) groups is 3. The van der Waals surface area contributed by atoms with E-state index in [0.717, 1.165) is 46.4 Å². The molecule has 3 aromatic rings. The van der Waals surface area contributed by atoms with Crippen molar-refractivity contribution in [1.82, 2.24) is 10.3 Å². The van der Waals surface area contributed by atoms with Gasteiger partial charge >= 0.3 is 12.1 Å². The third-order valence-corrected chi connectivity index (χ3v) is 7.69. The number of nitrogens with zero attached hydrogens (tertiary/aromatic N) is 1. The molecule has 3 N–H and O–H groups in total. The first-order valence-electron chi connectivity index (χ1n) is 11.6. The number of anilines is 1. The number of ether oxygens (including phenoxy) is 1. The largest absolute Gasteiger partial charge is 0.481 e. The number of amides is 2. The van der Waals surface area contributed by atoms with Gasteiger partial charge in [0.2, 0.25) is 0 Å². The third kappa shape index (κ3) is 4.77. The van der Waals surface area contributed by atoms with Crippen LogP contribution in [0.1, 0.15) is 46.0 Å². The van der Waals surface area contributed by atoms with Crippen LogP contribution in [0, 0.1) is 11.8 Å². The van der Waals surface area contributed by atoms with Crippen LogP contribution in [0.3, 0.4) is 0 Å². The minimum Gasteiger partial charge on any atom is -0.481 e. The van der Waals surface area contributed by atoms with Crippen LogP contribution in [0.2, 0.25) is 0 Å². The van der Waals surface area contributed by atoms with Crippen molar-refractivity contribution in [1.29, 1.82) is 0 Å². The molecule has 2 amide bonds. The quantitative estimate of drug-likeness (QED) is 0.440. The number of rotatable bonds is 7. The molecule has 8 nitrogen and oxygen atoms in total. The van der Waals surface area contributed by atoms with Crippen molar-refractivity contribution in [2.75, 3.05) is 18.5 Å². The molecule has 1 aromatic heterocycles. The first-order chi connectivity index (χ1) is 17.0. The third-order valence-electron chi connectivity index (χ3n) is 6.78. The van der Waals surface area contributed by atoms with Crippen LogP contribution in [0.15, 0.2) is 54.7 Å². The average Bonchev–Trinajstić information content (AvgIpc) is 3.59. The molecule has 2 aliphatic rings. The van der Waals surface area contributed by atoms with Crippen LogP contribution in [-0.2, 0) is 9.53 Å². The lowest BCUT2D eigenvalue weighted by Crippen LogP contribution is -2.32. The standard InChI is InChI=1S/C26H25N3O5S/c30-23(27-12-15-6-5-11-16(15)24(31)32)22-13-28-25(35-22)29-26(33)34-14-21-19-9-3-1-7-17(19)18-8-2-4-10-20(18)21/h1-4,7-10,13,15-16,21H,5-6,11-12,14H2,(H,27,30)(H,31,32)(H,28,29,33)/t15-,16-/m1/s1. The summed E-state index contributed by atoms with van der Waals surface area (Å²) in [5.41, 5.74) is 4.56. The van der Waals surface area contributed by atoms with Crippen molar-refractivity contribution in [3.05, 3.63) is 70.7 Å². The summed E-state index contributed by atoms with van der Waals surface area (Å²) in [6, 6.07) is 16.2. The number of carboxylic acid groups (broad SMARTS) is 1. The van der Waals surface area contributed by atoms with Gasteiger partial charge in [0.1, 0.15) is 11.5 Å². The van der Waals surface area contributed by atoms with Crippen LogP contribution in [0.25, 0.3) is 11.1 Å². The van der Waals surface area contributed by atoms with Gasteiger partial charge in [-0.25, -0.2) is 9.78 Å². The first-order valence-corrected chi connectivity index (χ1v) is 12.4. The maximum atomic E-state index is 12.5. The number of carbonyl (C=O) groups excluding carboxylic acids is 2. The Labute approximate surface area is 206 Å². The lowest BCUT2D eigenvalue weighted by Gasteiger charge is -2.15. The zero-order valence-corrected chi connectivity index (χ0v) is 19.7. The van der Waals surface area contributed by atoms with E-state index in [0.29, 0.717) is 17.8 Å². The Morgan fingerprint density at radius 3 is 2.40 bits per heavy atom. The van der Waals surface area contributed by atoms with Crippen molar-refractivity contribution in [3.63, 3.8) is 0 Å². The Bertz CT molecular complexity index is 1230. The normalized spacial score (nSPS) is 18.5. The van der Waals surface area contributed by atoms with Crippen LogP contribution in [0.5, 0.6) is 0 Å². The highest BCUT2D eigenvalue weighted by atomic mass is 32.1. The van der Waals surface area contributed by atoms with E-state index in [-0.39, 0.29) is 29.5 Å². The molecule has 2 aromatic carbocycles. The Hall–Kier alpha value is -3.72. The second-order valence-corrected chi connectivity index (χ2v) is 9.86. The molecule has 9 heteroatoms. The van der Waals surface area contributed by atoms with E-state index < -0.39 is 18.0 Å². The Kier molecular flexibility index (Phi) is 6.50. The zero-order valence-electron chi connectivity index (χ0n) is 18.9. The van der Waals surface area contributed by atoms with E-state index >= 15 is 0 Å². The highest BCUT2D eigenvalue weighted by Crippen LogP contribution is 2.44. The summed E-state index contributed by atoms with van der Waals surface area (Å²) in [5.74, 6) is -1.67. The molecule has 180 valence electrons. The van der Waals surface area contributed by atoms with E-state index in [1.54, 1.807) is 0 Å². The molecule has 0 radical (unpaired) electrons. The topological polar surface area (TPSA) is 118 Å². The second kappa shape index (κ2) is 9.87. The number of thiazole rings is 1. The number of hydrogen-bond donors (Lipinski definition) is 3. The average molecular weight is 492 g/mol. The van der Waals surface area contributed by atoms with E-state index in [2.05, 4.69) is 39.9 Å². The maximum absolute atomic E-state index is 12.5. The number of aliphatic carboxylic acids is 1. The van der Waals surface area contributed by atoms with Crippen molar-refractivity contribution >= 4 is 34.4 Å². The maximum Gasteiger partial charge on any atom is 0.413 e. The number of benzene rings is 2. The van der Waals surface area contributed by atoms with E-state index in [4.69, 9.17) is 4.74 Å². The molecule has 5 rings (SSSR count). The van der Waals surface area contributed by atoms with Gasteiger partial charge in [-0.2, -0.15) is 0 Å². The molecule has 2 aliphatic carbocycles. The highest BCUT2D eigenvalue weighted by Gasteiger charge is 2.33. The van der Waals surface area contributed by atoms with E-state index in [9.17, 15) is 19.5 Å². The van der Waals surface area contributed by atoms with Gasteiger partial charge in [0.05, 0.1) is 12.1 Å². The van der Waals surface area contributed by atoms with Crippen LogP contribution in [0.4, 0.5) is 9.93 Å². The summed E-state index contributed by atoms with van der Waals surface area (Å²) in [7, 11) is 0. The fraction of sp³-hybridized carbons (Fsp3) is 0.308. The molecule has 0 spiro atoms. The predicted octanol–water partition coefficient (Wildman–Crippen LogP) is 4.73. The van der Waals surface area contributed by atoms with Crippen LogP contribution >= 0.6 is 11.3 Å². The van der Waals surface area contributed by atoms with Crippen molar-refractivity contribution < 1.29 is 24.2 Å². The van der Waals surface area contributed by atoms with Gasteiger partial charge in [0.25, 0.3) is 5.91 Å². The van der Waals surface area contributed by atoms with Gasteiger partial charge in [-0.05, 0) is 41.0 Å². The molecule has 0 unspecified atom stereocenters. The molecule has 2 atom stereocenters. The van der Waals surface area contributed by atoms with Gasteiger partial charge in [0, 0.05) is 12.5 Å². The van der Waals surface area contributed by atoms with Crippen molar-refractivity contribution in [2.45, 2.75) is 25.2 Å². The van der Waals surface area contributed by atoms with Crippen LogP contribution in [-0.4, -0.2) is 41.2 Å². The number of carboxylic acids is 1. The van der Waals surface area contributed by atoms with E-state index in [1.165, 1.54) is 6.20 Å². The summed E-state index contributed by atoms with van der Waals surface area (Å²) in [6.07, 6.45) is 3.04. The molecule has 1 fully saturated rings. The summed E-state index contributed by atoms with van der Waals surface area (Å²) in [5, 5.41) is 14.9. The monoisotopic (exact) mass is 491 g/mol. The van der Waals surface area contributed by atoms with Crippen molar-refractivity contribution in [3.8, 4) is 11.1 Å². The minimum absolute atomic E-state index is 0.0454. The molecule has 0 saturated heterocycles. The molecule has 35 heavy (non-hydrogen) atoms. The first kappa shape index (κ1) is 23.0. The van der Waals surface area contributed by atoms with Gasteiger partial charge in [0.15, 0.2) is 5.13 Å². The molecule has 0 aliphatic heterocycles. The summed E-state index contributed by atoms with van der Waals surface area (Å²) >= 11 is 1.04. The van der Waals surface area contributed by atoms with Gasteiger partial charge < -0.3 is 15.2 Å². The minimum atomic E-state index is -0.811. The number of fused-ring (bicyclic) bond motifs is 3. The zero-order chi connectivity index (χ0) is 24.4. The van der Waals surface area contributed by atoms with E-state index in [1.807, 2.05) is 24.3 Å². The molecule has 1 saturated carbocycles. The fourth-order valence-electron chi connectivity index (χ4n) is 5.08.